The van der Waals surface area contributed by atoms with Crippen LogP contribution >= 0.6 is 11.6 Å². The van der Waals surface area contributed by atoms with Crippen LogP contribution in [0.2, 0.25) is 5.02 Å². The van der Waals surface area contributed by atoms with Crippen LogP contribution in [-0.4, -0.2) is 53.7 Å². The molecule has 4 rings (SSSR count). The number of likely N-dealkylation sites (tertiary alicyclic amines) is 1. The lowest BCUT2D eigenvalue weighted by atomic mass is 9.63. The number of hydrogen-bond acceptors (Lipinski definition) is 4. The summed E-state index contributed by atoms with van der Waals surface area (Å²) in [5.74, 6) is 0.524. The Morgan fingerprint density at radius 3 is 2.47 bits per heavy atom. The molecule has 2 aliphatic rings. The molecule has 9 heteroatoms. The highest BCUT2D eigenvalue weighted by Gasteiger charge is 2.43. The molecule has 1 aromatic heterocycles. The van der Waals surface area contributed by atoms with Gasteiger partial charge in [0.15, 0.2) is 0 Å². The standard InChI is InChI=1S/C27H39ClN4O3S/c1-2-18-36(34,35)30-25(19-22-8-10-24(28)11-9-22)26(33)32-15-12-27(13-16-32,20-31-17-14-29-21-31)23-6-4-3-5-7-23/h8-11,14,17,21,23,25,30H,2-7,12-13,15-16,18-20H2,1H3/t25-/m0/s1. The number of amides is 1. The van der Waals surface area contributed by atoms with Gasteiger partial charge in [-0.05, 0) is 67.6 Å². The first-order valence-electron chi connectivity index (χ1n) is 13.3. The van der Waals surface area contributed by atoms with Crippen molar-refractivity contribution in [3.8, 4) is 0 Å². The highest BCUT2D eigenvalue weighted by atomic mass is 35.5. The summed E-state index contributed by atoms with van der Waals surface area (Å²) in [6.45, 7) is 4.05. The summed E-state index contributed by atoms with van der Waals surface area (Å²) in [6.07, 6.45) is 14.8. The van der Waals surface area contributed by atoms with E-state index in [4.69, 9.17) is 11.6 Å². The second-order valence-corrected chi connectivity index (χ2v) is 12.9. The van der Waals surface area contributed by atoms with E-state index in [2.05, 4.69) is 14.3 Å². The summed E-state index contributed by atoms with van der Waals surface area (Å²) in [4.78, 5) is 19.8. The zero-order valence-electron chi connectivity index (χ0n) is 21.2. The van der Waals surface area contributed by atoms with Gasteiger partial charge in [-0.2, -0.15) is 0 Å². The summed E-state index contributed by atoms with van der Waals surface area (Å²) in [5, 5.41) is 0.612. The van der Waals surface area contributed by atoms with Crippen molar-refractivity contribution in [2.45, 2.75) is 77.3 Å². The fourth-order valence-electron chi connectivity index (χ4n) is 6.13. The van der Waals surface area contributed by atoms with Gasteiger partial charge in [0, 0.05) is 37.1 Å². The second kappa shape index (κ2) is 12.1. The van der Waals surface area contributed by atoms with Gasteiger partial charge in [-0.25, -0.2) is 18.1 Å². The van der Waals surface area contributed by atoms with Crippen LogP contribution in [-0.2, 0) is 27.8 Å². The molecule has 0 spiro atoms. The van der Waals surface area contributed by atoms with Crippen LogP contribution in [0, 0.1) is 11.3 Å². The van der Waals surface area contributed by atoms with Crippen LogP contribution in [0.25, 0.3) is 0 Å². The summed E-state index contributed by atoms with van der Waals surface area (Å²) in [6, 6.07) is 6.43. The minimum absolute atomic E-state index is 0.00704. The van der Waals surface area contributed by atoms with E-state index < -0.39 is 16.1 Å². The average molecular weight is 535 g/mol. The lowest BCUT2D eigenvalue weighted by Crippen LogP contribution is -2.54. The molecule has 0 unspecified atom stereocenters. The molecular formula is C27H39ClN4O3S. The van der Waals surface area contributed by atoms with Crippen molar-refractivity contribution in [1.29, 1.82) is 0 Å². The maximum absolute atomic E-state index is 13.7. The Hall–Kier alpha value is -1.90. The number of benzene rings is 1. The number of aromatic nitrogens is 2. The largest absolute Gasteiger partial charge is 0.341 e. The van der Waals surface area contributed by atoms with E-state index in [-0.39, 0.29) is 17.1 Å². The van der Waals surface area contributed by atoms with E-state index >= 15 is 0 Å². The fourth-order valence-corrected chi connectivity index (χ4v) is 7.53. The van der Waals surface area contributed by atoms with Gasteiger partial charge in [0.25, 0.3) is 0 Å². The van der Waals surface area contributed by atoms with Gasteiger partial charge in [-0.3, -0.25) is 4.79 Å². The van der Waals surface area contributed by atoms with Crippen molar-refractivity contribution in [3.63, 3.8) is 0 Å². The van der Waals surface area contributed by atoms with Gasteiger partial charge in [0.1, 0.15) is 6.04 Å². The quantitative estimate of drug-likeness (QED) is 0.480. The molecule has 7 nitrogen and oxygen atoms in total. The number of carbonyl (C=O) groups excluding carboxylic acids is 1. The number of nitrogens with zero attached hydrogens (tertiary/aromatic N) is 3. The third-order valence-electron chi connectivity index (χ3n) is 8.04. The van der Waals surface area contributed by atoms with Crippen LogP contribution in [0.15, 0.2) is 43.0 Å². The van der Waals surface area contributed by atoms with Crippen LogP contribution in [0.5, 0.6) is 0 Å². The molecule has 1 amide bonds. The number of hydrogen-bond donors (Lipinski definition) is 1. The molecule has 1 aromatic carbocycles. The predicted molar refractivity (Wildman–Crippen MR) is 143 cm³/mol. The molecule has 1 saturated heterocycles. The third kappa shape index (κ3) is 6.90. The topological polar surface area (TPSA) is 84.3 Å². The normalized spacial score (nSPS) is 19.8. The number of nitrogens with one attached hydrogen (secondary N) is 1. The van der Waals surface area contributed by atoms with Crippen LogP contribution < -0.4 is 4.72 Å². The van der Waals surface area contributed by atoms with E-state index in [1.807, 2.05) is 42.7 Å². The predicted octanol–water partition coefficient (Wildman–Crippen LogP) is 4.67. The Morgan fingerprint density at radius 2 is 1.86 bits per heavy atom. The highest BCUT2D eigenvalue weighted by molar-refractivity contribution is 7.89. The van der Waals surface area contributed by atoms with Gasteiger partial charge in [-0.15, -0.1) is 0 Å². The van der Waals surface area contributed by atoms with Gasteiger partial charge in [0.05, 0.1) is 12.1 Å². The molecule has 2 fully saturated rings. The Bertz CT molecular complexity index is 1070. The van der Waals surface area contributed by atoms with E-state index in [0.29, 0.717) is 36.9 Å². The van der Waals surface area contributed by atoms with Crippen molar-refractivity contribution in [2.24, 2.45) is 11.3 Å². The van der Waals surface area contributed by atoms with Crippen LogP contribution in [0.4, 0.5) is 0 Å². The third-order valence-corrected chi connectivity index (χ3v) is 9.89. The molecule has 1 atom stereocenters. The summed E-state index contributed by atoms with van der Waals surface area (Å²) in [7, 11) is -3.55. The van der Waals surface area contributed by atoms with Crippen molar-refractivity contribution in [2.75, 3.05) is 18.8 Å². The summed E-state index contributed by atoms with van der Waals surface area (Å²) in [5.41, 5.74) is 1.02. The van der Waals surface area contributed by atoms with E-state index in [1.54, 1.807) is 12.1 Å². The molecular weight excluding hydrogens is 496 g/mol. The maximum Gasteiger partial charge on any atom is 0.241 e. The fraction of sp³-hybridized carbons (Fsp3) is 0.630. The molecule has 36 heavy (non-hydrogen) atoms. The Kier molecular flexibility index (Phi) is 9.12. The van der Waals surface area contributed by atoms with Crippen molar-refractivity contribution >= 4 is 27.5 Å². The monoisotopic (exact) mass is 534 g/mol. The molecule has 1 aliphatic heterocycles. The minimum Gasteiger partial charge on any atom is -0.341 e. The van der Waals surface area contributed by atoms with Crippen molar-refractivity contribution < 1.29 is 13.2 Å². The molecule has 198 valence electrons. The number of carbonyl (C=O) groups is 1. The van der Waals surface area contributed by atoms with E-state index in [9.17, 15) is 13.2 Å². The number of piperidine rings is 1. The molecule has 1 saturated carbocycles. The zero-order valence-corrected chi connectivity index (χ0v) is 22.8. The number of halogens is 1. The van der Waals surface area contributed by atoms with Crippen molar-refractivity contribution in [1.82, 2.24) is 19.2 Å². The Balaban J connectivity index is 1.50. The summed E-state index contributed by atoms with van der Waals surface area (Å²) < 4.78 is 30.2. The lowest BCUT2D eigenvalue weighted by Gasteiger charge is -2.48. The highest BCUT2D eigenvalue weighted by Crippen LogP contribution is 2.47. The lowest BCUT2D eigenvalue weighted by molar-refractivity contribution is -0.136. The SMILES string of the molecule is CCCS(=O)(=O)N[C@@H](Cc1ccc(Cl)cc1)C(=O)N1CCC(Cn2ccnc2)(C2CCCCC2)CC1. The van der Waals surface area contributed by atoms with Gasteiger partial charge in [0.2, 0.25) is 15.9 Å². The number of sulfonamides is 1. The molecule has 0 bridgehead atoms. The first kappa shape index (κ1) is 27.1. The van der Waals surface area contributed by atoms with E-state index in [0.717, 1.165) is 24.9 Å². The van der Waals surface area contributed by atoms with Crippen LogP contribution in [0.1, 0.15) is 63.9 Å². The second-order valence-electron chi connectivity index (χ2n) is 10.6. The van der Waals surface area contributed by atoms with Gasteiger partial charge < -0.3 is 9.47 Å². The zero-order chi connectivity index (χ0) is 25.6. The Morgan fingerprint density at radius 1 is 1.17 bits per heavy atom. The minimum atomic E-state index is -3.55. The molecule has 2 heterocycles. The molecule has 1 N–H and O–H groups in total. The average Bonchev–Trinajstić information content (AvgIpc) is 3.38. The first-order valence-corrected chi connectivity index (χ1v) is 15.3. The molecule has 2 aromatic rings. The number of imidazole rings is 1. The maximum atomic E-state index is 13.7. The van der Waals surface area contributed by atoms with Crippen LogP contribution in [0.3, 0.4) is 0 Å². The number of rotatable bonds is 10. The van der Waals surface area contributed by atoms with E-state index in [1.165, 1.54) is 32.1 Å². The van der Waals surface area contributed by atoms with Gasteiger partial charge >= 0.3 is 0 Å². The smallest absolute Gasteiger partial charge is 0.241 e. The van der Waals surface area contributed by atoms with Gasteiger partial charge in [-0.1, -0.05) is 49.9 Å². The molecule has 0 radical (unpaired) electrons. The first-order chi connectivity index (χ1) is 17.3. The summed E-state index contributed by atoms with van der Waals surface area (Å²) >= 11 is 6.03. The van der Waals surface area contributed by atoms with Crippen molar-refractivity contribution in [3.05, 3.63) is 53.6 Å². The Labute approximate surface area is 220 Å². The molecule has 1 aliphatic carbocycles.